The number of amides is 1. The highest BCUT2D eigenvalue weighted by Gasteiger charge is 2.44. The van der Waals surface area contributed by atoms with Crippen LogP contribution in [0.25, 0.3) is 0 Å². The van der Waals surface area contributed by atoms with E-state index in [1.54, 1.807) is 23.1 Å². The molecule has 0 radical (unpaired) electrons. The molecule has 1 aromatic carbocycles. The van der Waals surface area contributed by atoms with Gasteiger partial charge in [-0.25, -0.2) is 0 Å². The van der Waals surface area contributed by atoms with Gasteiger partial charge in [0.25, 0.3) is 5.91 Å². The molecule has 5 nitrogen and oxygen atoms in total. The number of nitrogens with zero attached hydrogens (tertiary/aromatic N) is 1. The summed E-state index contributed by atoms with van der Waals surface area (Å²) in [5.41, 5.74) is 5.65. The Bertz CT molecular complexity index is 541. The molecule has 0 aliphatic carbocycles. The van der Waals surface area contributed by atoms with Crippen molar-refractivity contribution >= 4 is 29.2 Å². The van der Waals surface area contributed by atoms with Crippen molar-refractivity contribution in [3.8, 4) is 0 Å². The Labute approximate surface area is 122 Å². The Hall–Kier alpha value is -1.75. The molecule has 20 heavy (non-hydrogen) atoms. The molecule has 3 N–H and O–H groups in total. The van der Waals surface area contributed by atoms with Crippen molar-refractivity contribution in [2.45, 2.75) is 19.8 Å². The second-order valence-electron chi connectivity index (χ2n) is 5.19. The van der Waals surface area contributed by atoms with E-state index in [9.17, 15) is 14.7 Å². The monoisotopic (exact) mass is 296 g/mol. The average Bonchev–Trinajstić information content (AvgIpc) is 2.82. The van der Waals surface area contributed by atoms with Crippen molar-refractivity contribution in [2.75, 3.05) is 18.8 Å². The molecule has 1 fully saturated rings. The lowest BCUT2D eigenvalue weighted by Gasteiger charge is -2.23. The zero-order chi connectivity index (χ0) is 14.9. The van der Waals surface area contributed by atoms with Gasteiger partial charge in [-0.3, -0.25) is 9.59 Å². The number of likely N-dealkylation sites (tertiary alicyclic amines) is 1. The largest absolute Gasteiger partial charge is 0.481 e. The molecule has 1 saturated heterocycles. The molecule has 1 aliphatic rings. The van der Waals surface area contributed by atoms with Crippen molar-refractivity contribution < 1.29 is 14.7 Å². The normalized spacial score (nSPS) is 22.0. The lowest BCUT2D eigenvalue weighted by molar-refractivity contribution is -0.148. The number of benzene rings is 1. The smallest absolute Gasteiger partial charge is 0.311 e. The van der Waals surface area contributed by atoms with E-state index in [-0.39, 0.29) is 12.5 Å². The highest BCUT2D eigenvalue weighted by Crippen LogP contribution is 2.35. The Kier molecular flexibility index (Phi) is 3.90. The standard InChI is InChI=1S/C14H17ClN2O3/c1-2-14(13(19)20)3-4-17(8-14)12(18)9-5-10(15)7-11(16)6-9/h5-7H,2-4,8,16H2,1H3,(H,19,20). The van der Waals surface area contributed by atoms with Gasteiger partial charge in [0.2, 0.25) is 0 Å². The lowest BCUT2D eigenvalue weighted by atomic mass is 9.84. The molecule has 1 unspecified atom stereocenters. The van der Waals surface area contributed by atoms with Crippen LogP contribution in [-0.2, 0) is 4.79 Å². The molecule has 0 bridgehead atoms. The second kappa shape index (κ2) is 5.32. The van der Waals surface area contributed by atoms with E-state index in [0.717, 1.165) is 0 Å². The van der Waals surface area contributed by atoms with Gasteiger partial charge in [0.05, 0.1) is 5.41 Å². The van der Waals surface area contributed by atoms with Crippen LogP contribution in [0.1, 0.15) is 30.1 Å². The highest BCUT2D eigenvalue weighted by molar-refractivity contribution is 6.31. The van der Waals surface area contributed by atoms with E-state index < -0.39 is 11.4 Å². The highest BCUT2D eigenvalue weighted by atomic mass is 35.5. The third-order valence-corrected chi connectivity index (χ3v) is 4.16. The molecule has 1 aliphatic heterocycles. The number of carboxylic acid groups (broad SMARTS) is 1. The Morgan fingerprint density at radius 2 is 2.15 bits per heavy atom. The summed E-state index contributed by atoms with van der Waals surface area (Å²) in [6, 6.07) is 4.67. The average molecular weight is 297 g/mol. The maximum atomic E-state index is 12.4. The van der Waals surface area contributed by atoms with Crippen LogP contribution >= 0.6 is 11.6 Å². The number of hydrogen-bond acceptors (Lipinski definition) is 3. The number of halogens is 1. The van der Waals surface area contributed by atoms with Gasteiger partial charge in [-0.2, -0.15) is 0 Å². The first-order valence-corrected chi connectivity index (χ1v) is 6.84. The van der Waals surface area contributed by atoms with Crippen LogP contribution in [0.2, 0.25) is 5.02 Å². The Morgan fingerprint density at radius 1 is 1.45 bits per heavy atom. The quantitative estimate of drug-likeness (QED) is 0.838. The maximum absolute atomic E-state index is 12.4. The summed E-state index contributed by atoms with van der Waals surface area (Å²) >= 11 is 5.89. The van der Waals surface area contributed by atoms with E-state index in [1.165, 1.54) is 0 Å². The van der Waals surface area contributed by atoms with Crippen molar-refractivity contribution in [3.05, 3.63) is 28.8 Å². The number of nitrogens with two attached hydrogens (primary N) is 1. The van der Waals surface area contributed by atoms with Crippen molar-refractivity contribution in [3.63, 3.8) is 0 Å². The predicted molar refractivity (Wildman–Crippen MR) is 76.7 cm³/mol. The second-order valence-corrected chi connectivity index (χ2v) is 5.63. The number of aliphatic carboxylic acids is 1. The Morgan fingerprint density at radius 3 is 2.65 bits per heavy atom. The van der Waals surface area contributed by atoms with E-state index in [1.807, 2.05) is 6.92 Å². The molecule has 1 heterocycles. The zero-order valence-corrected chi connectivity index (χ0v) is 12.0. The first kappa shape index (κ1) is 14.7. The van der Waals surface area contributed by atoms with Crippen molar-refractivity contribution in [1.82, 2.24) is 4.90 Å². The first-order chi connectivity index (χ1) is 9.38. The summed E-state index contributed by atoms with van der Waals surface area (Å²) < 4.78 is 0. The molecular formula is C14H17ClN2O3. The summed E-state index contributed by atoms with van der Waals surface area (Å²) in [4.78, 5) is 25.3. The summed E-state index contributed by atoms with van der Waals surface area (Å²) in [5.74, 6) is -1.07. The molecular weight excluding hydrogens is 280 g/mol. The fraction of sp³-hybridized carbons (Fsp3) is 0.429. The number of carbonyl (C=O) groups is 2. The van der Waals surface area contributed by atoms with E-state index >= 15 is 0 Å². The number of carbonyl (C=O) groups excluding carboxylic acids is 1. The number of carboxylic acids is 1. The molecule has 6 heteroatoms. The van der Waals surface area contributed by atoms with Gasteiger partial charge >= 0.3 is 5.97 Å². The van der Waals surface area contributed by atoms with Crippen LogP contribution in [-0.4, -0.2) is 35.0 Å². The van der Waals surface area contributed by atoms with Gasteiger partial charge < -0.3 is 15.7 Å². The van der Waals surface area contributed by atoms with E-state index in [4.69, 9.17) is 17.3 Å². The fourth-order valence-electron chi connectivity index (χ4n) is 2.58. The fourth-order valence-corrected chi connectivity index (χ4v) is 2.82. The molecule has 0 aromatic heterocycles. The van der Waals surface area contributed by atoms with Crippen LogP contribution in [0, 0.1) is 5.41 Å². The van der Waals surface area contributed by atoms with Crippen LogP contribution < -0.4 is 5.73 Å². The van der Waals surface area contributed by atoms with Gasteiger partial charge in [-0.1, -0.05) is 18.5 Å². The van der Waals surface area contributed by atoms with Crippen LogP contribution in [0.5, 0.6) is 0 Å². The summed E-state index contributed by atoms with van der Waals surface area (Å²) in [7, 11) is 0. The number of nitrogen functional groups attached to an aromatic ring is 1. The first-order valence-electron chi connectivity index (χ1n) is 6.47. The molecule has 0 saturated carbocycles. The molecule has 1 aromatic rings. The van der Waals surface area contributed by atoms with Gasteiger partial charge in [0.15, 0.2) is 0 Å². The van der Waals surface area contributed by atoms with Gasteiger partial charge in [-0.05, 0) is 31.0 Å². The van der Waals surface area contributed by atoms with Crippen molar-refractivity contribution in [2.24, 2.45) is 5.41 Å². The van der Waals surface area contributed by atoms with Gasteiger partial charge in [0.1, 0.15) is 0 Å². The molecule has 1 amide bonds. The van der Waals surface area contributed by atoms with Gasteiger partial charge in [0, 0.05) is 29.4 Å². The summed E-state index contributed by atoms with van der Waals surface area (Å²) in [5, 5.41) is 9.74. The van der Waals surface area contributed by atoms with Crippen LogP contribution in [0.4, 0.5) is 5.69 Å². The van der Waals surface area contributed by atoms with Crippen LogP contribution in [0.3, 0.4) is 0 Å². The molecule has 1 atom stereocenters. The molecule has 2 rings (SSSR count). The lowest BCUT2D eigenvalue weighted by Crippen LogP contribution is -2.36. The van der Waals surface area contributed by atoms with Gasteiger partial charge in [-0.15, -0.1) is 0 Å². The van der Waals surface area contributed by atoms with E-state index in [2.05, 4.69) is 0 Å². The SMILES string of the molecule is CCC1(C(=O)O)CCN(C(=O)c2cc(N)cc(Cl)c2)C1. The predicted octanol–water partition coefficient (Wildman–Crippen LogP) is 2.25. The minimum Gasteiger partial charge on any atom is -0.481 e. The minimum atomic E-state index is -0.846. The molecule has 108 valence electrons. The summed E-state index contributed by atoms with van der Waals surface area (Å²) in [6.45, 7) is 2.49. The number of anilines is 1. The minimum absolute atomic E-state index is 0.226. The van der Waals surface area contributed by atoms with E-state index in [0.29, 0.717) is 35.7 Å². The third kappa shape index (κ3) is 2.58. The molecule has 0 spiro atoms. The Balaban J connectivity index is 2.21. The zero-order valence-electron chi connectivity index (χ0n) is 11.2. The van der Waals surface area contributed by atoms with Crippen molar-refractivity contribution in [1.29, 1.82) is 0 Å². The maximum Gasteiger partial charge on any atom is 0.311 e. The topological polar surface area (TPSA) is 83.6 Å². The van der Waals surface area contributed by atoms with Crippen LogP contribution in [0.15, 0.2) is 18.2 Å². The number of rotatable bonds is 3. The number of hydrogen-bond donors (Lipinski definition) is 2. The summed E-state index contributed by atoms with van der Waals surface area (Å²) in [6.07, 6.45) is 0.977. The third-order valence-electron chi connectivity index (χ3n) is 3.94.